The van der Waals surface area contributed by atoms with Crippen LogP contribution in [0.3, 0.4) is 0 Å². The van der Waals surface area contributed by atoms with Crippen molar-refractivity contribution in [1.29, 1.82) is 0 Å². The van der Waals surface area contributed by atoms with Crippen molar-refractivity contribution >= 4 is 27.7 Å². The Balaban J connectivity index is 2.20. The van der Waals surface area contributed by atoms with Crippen molar-refractivity contribution in [2.75, 3.05) is 6.61 Å². The number of nitrogens with zero attached hydrogens (tertiary/aromatic N) is 1. The molecule has 2 amide bonds. The zero-order valence-electron chi connectivity index (χ0n) is 19.0. The highest BCUT2D eigenvalue weighted by Gasteiger charge is 2.27. The summed E-state index contributed by atoms with van der Waals surface area (Å²) >= 11 is 3.47. The predicted octanol–water partition coefficient (Wildman–Crippen LogP) is 5.28. The minimum Gasteiger partial charge on any atom is -0.483 e. The summed E-state index contributed by atoms with van der Waals surface area (Å²) in [6.07, 6.45) is 0.827. The fourth-order valence-electron chi connectivity index (χ4n) is 3.19. The van der Waals surface area contributed by atoms with Crippen LogP contribution in [0, 0.1) is 0 Å². The molecular weight excluding hydrogens is 456 g/mol. The minimum absolute atomic E-state index is 0.0481. The Morgan fingerprint density at radius 3 is 2.42 bits per heavy atom. The van der Waals surface area contributed by atoms with Gasteiger partial charge in [0.25, 0.3) is 5.91 Å². The van der Waals surface area contributed by atoms with E-state index in [0.29, 0.717) is 12.3 Å². The van der Waals surface area contributed by atoms with Crippen molar-refractivity contribution in [2.45, 2.75) is 65.6 Å². The van der Waals surface area contributed by atoms with E-state index < -0.39 is 6.04 Å². The Bertz CT molecular complexity index is 885. The number of hydrogen-bond donors (Lipinski definition) is 1. The molecule has 0 fully saturated rings. The second kappa shape index (κ2) is 11.9. The molecule has 0 unspecified atom stereocenters. The lowest BCUT2D eigenvalue weighted by Crippen LogP contribution is -2.50. The van der Waals surface area contributed by atoms with Gasteiger partial charge in [-0.05, 0) is 55.5 Å². The molecule has 168 valence electrons. The lowest BCUT2D eigenvalue weighted by molar-refractivity contribution is -0.142. The SMILES string of the molecule is CC[C@H](C)NC(=O)[C@H](C)N(Cc1cccc(Br)c1)C(=O)COc1ccccc1C(C)C. The molecule has 0 heterocycles. The number of carbonyl (C=O) groups excluding carboxylic acids is 2. The quantitative estimate of drug-likeness (QED) is 0.494. The first-order valence-electron chi connectivity index (χ1n) is 10.8. The molecule has 2 aromatic rings. The first-order chi connectivity index (χ1) is 14.7. The van der Waals surface area contributed by atoms with Crippen LogP contribution in [0.15, 0.2) is 53.0 Å². The van der Waals surface area contributed by atoms with Crippen molar-refractivity contribution in [1.82, 2.24) is 10.2 Å². The predicted molar refractivity (Wildman–Crippen MR) is 128 cm³/mol. The summed E-state index contributed by atoms with van der Waals surface area (Å²) in [4.78, 5) is 27.6. The third-order valence-corrected chi connectivity index (χ3v) is 5.80. The Kier molecular flexibility index (Phi) is 9.56. The number of carbonyl (C=O) groups is 2. The average molecular weight is 489 g/mol. The zero-order chi connectivity index (χ0) is 23.0. The van der Waals surface area contributed by atoms with Gasteiger partial charge in [0.2, 0.25) is 5.91 Å². The summed E-state index contributed by atoms with van der Waals surface area (Å²) in [5, 5.41) is 2.98. The van der Waals surface area contributed by atoms with Gasteiger partial charge in [-0.3, -0.25) is 9.59 Å². The van der Waals surface area contributed by atoms with Gasteiger partial charge in [-0.25, -0.2) is 0 Å². The molecule has 2 rings (SSSR count). The zero-order valence-corrected chi connectivity index (χ0v) is 20.6. The second-order valence-electron chi connectivity index (χ2n) is 8.13. The van der Waals surface area contributed by atoms with Crippen LogP contribution in [-0.4, -0.2) is 35.4 Å². The van der Waals surface area contributed by atoms with Gasteiger partial charge in [0, 0.05) is 17.1 Å². The molecule has 0 saturated carbocycles. The summed E-state index contributed by atoms with van der Waals surface area (Å²) in [5.74, 6) is 0.583. The highest BCUT2D eigenvalue weighted by atomic mass is 79.9. The van der Waals surface area contributed by atoms with E-state index in [1.165, 1.54) is 0 Å². The van der Waals surface area contributed by atoms with E-state index in [4.69, 9.17) is 4.74 Å². The third kappa shape index (κ3) is 7.39. The van der Waals surface area contributed by atoms with E-state index in [1.54, 1.807) is 11.8 Å². The molecule has 0 aliphatic rings. The first-order valence-corrected chi connectivity index (χ1v) is 11.6. The van der Waals surface area contributed by atoms with E-state index >= 15 is 0 Å². The standard InChI is InChI=1S/C25H33BrN2O3/c1-6-18(4)27-25(30)19(5)28(15-20-10-9-11-21(26)14-20)24(29)16-31-23-13-8-7-12-22(23)17(2)3/h7-14,17-19H,6,15-16H2,1-5H3,(H,27,30)/t18-,19-/m0/s1. The highest BCUT2D eigenvalue weighted by molar-refractivity contribution is 9.10. The van der Waals surface area contributed by atoms with Gasteiger partial charge in [0.1, 0.15) is 11.8 Å². The number of rotatable bonds is 10. The maximum absolute atomic E-state index is 13.2. The van der Waals surface area contributed by atoms with Gasteiger partial charge in [-0.1, -0.05) is 67.0 Å². The van der Waals surface area contributed by atoms with Gasteiger partial charge in [0.05, 0.1) is 0 Å². The molecule has 0 spiro atoms. The van der Waals surface area contributed by atoms with Crippen molar-refractivity contribution in [3.05, 3.63) is 64.1 Å². The maximum atomic E-state index is 13.2. The van der Waals surface area contributed by atoms with Gasteiger partial charge < -0.3 is 15.0 Å². The van der Waals surface area contributed by atoms with Crippen LogP contribution >= 0.6 is 15.9 Å². The van der Waals surface area contributed by atoms with E-state index in [1.807, 2.05) is 62.4 Å². The second-order valence-corrected chi connectivity index (χ2v) is 9.04. The first kappa shape index (κ1) is 24.9. The summed E-state index contributed by atoms with van der Waals surface area (Å²) in [6, 6.07) is 14.9. The normalized spacial score (nSPS) is 12.9. The molecular formula is C25H33BrN2O3. The Hall–Kier alpha value is -2.34. The van der Waals surface area contributed by atoms with Crippen LogP contribution in [-0.2, 0) is 16.1 Å². The Labute approximate surface area is 194 Å². The number of benzene rings is 2. The van der Waals surface area contributed by atoms with Gasteiger partial charge in [-0.2, -0.15) is 0 Å². The summed E-state index contributed by atoms with van der Waals surface area (Å²) in [5.41, 5.74) is 1.99. The fraction of sp³-hybridized carbons (Fsp3) is 0.440. The molecule has 0 bridgehead atoms. The molecule has 0 aliphatic heterocycles. The van der Waals surface area contributed by atoms with Crippen LogP contribution in [0.25, 0.3) is 0 Å². The van der Waals surface area contributed by atoms with Gasteiger partial charge in [-0.15, -0.1) is 0 Å². The summed E-state index contributed by atoms with van der Waals surface area (Å²) < 4.78 is 6.83. The molecule has 2 aromatic carbocycles. The molecule has 0 radical (unpaired) electrons. The highest BCUT2D eigenvalue weighted by Crippen LogP contribution is 2.26. The number of nitrogens with one attached hydrogen (secondary N) is 1. The smallest absolute Gasteiger partial charge is 0.261 e. The summed E-state index contributed by atoms with van der Waals surface area (Å²) in [6.45, 7) is 10.1. The van der Waals surface area contributed by atoms with Crippen LogP contribution < -0.4 is 10.1 Å². The van der Waals surface area contributed by atoms with Crippen LogP contribution in [0.1, 0.15) is 58.1 Å². The molecule has 1 N–H and O–H groups in total. The van der Waals surface area contributed by atoms with Crippen LogP contribution in [0.5, 0.6) is 5.75 Å². The van der Waals surface area contributed by atoms with E-state index in [9.17, 15) is 9.59 Å². The van der Waals surface area contributed by atoms with Crippen molar-refractivity contribution in [3.63, 3.8) is 0 Å². The van der Waals surface area contributed by atoms with E-state index in [2.05, 4.69) is 35.1 Å². The third-order valence-electron chi connectivity index (χ3n) is 5.30. The largest absolute Gasteiger partial charge is 0.483 e. The van der Waals surface area contributed by atoms with Crippen molar-refractivity contribution in [2.24, 2.45) is 0 Å². The number of amides is 2. The molecule has 2 atom stereocenters. The molecule has 0 aliphatic carbocycles. The van der Waals surface area contributed by atoms with Gasteiger partial charge in [0.15, 0.2) is 6.61 Å². The van der Waals surface area contributed by atoms with Crippen molar-refractivity contribution in [3.8, 4) is 5.75 Å². The molecule has 0 saturated heterocycles. The maximum Gasteiger partial charge on any atom is 0.261 e. The number of hydrogen-bond acceptors (Lipinski definition) is 3. The van der Waals surface area contributed by atoms with E-state index in [0.717, 1.165) is 22.0 Å². The topological polar surface area (TPSA) is 58.6 Å². The van der Waals surface area contributed by atoms with Crippen LogP contribution in [0.2, 0.25) is 0 Å². The Morgan fingerprint density at radius 2 is 1.77 bits per heavy atom. The lowest BCUT2D eigenvalue weighted by Gasteiger charge is -2.30. The number of halogens is 1. The Morgan fingerprint density at radius 1 is 1.06 bits per heavy atom. The van der Waals surface area contributed by atoms with Crippen molar-refractivity contribution < 1.29 is 14.3 Å². The molecule has 5 nitrogen and oxygen atoms in total. The molecule has 31 heavy (non-hydrogen) atoms. The van der Waals surface area contributed by atoms with Gasteiger partial charge >= 0.3 is 0 Å². The van der Waals surface area contributed by atoms with E-state index in [-0.39, 0.29) is 30.4 Å². The monoisotopic (exact) mass is 488 g/mol. The minimum atomic E-state index is -0.621. The number of ether oxygens (including phenoxy) is 1. The van der Waals surface area contributed by atoms with Crippen LogP contribution in [0.4, 0.5) is 0 Å². The number of para-hydroxylation sites is 1. The molecule has 6 heteroatoms. The molecule has 0 aromatic heterocycles. The average Bonchev–Trinajstić information content (AvgIpc) is 2.75. The summed E-state index contributed by atoms with van der Waals surface area (Å²) in [7, 11) is 0. The lowest BCUT2D eigenvalue weighted by atomic mass is 10.0. The fourth-order valence-corrected chi connectivity index (χ4v) is 3.64.